The maximum absolute atomic E-state index is 5.91. The van der Waals surface area contributed by atoms with Crippen LogP contribution < -0.4 is 5.32 Å². The summed E-state index contributed by atoms with van der Waals surface area (Å²) < 4.78 is 11.0. The third-order valence-corrected chi connectivity index (χ3v) is 4.19. The van der Waals surface area contributed by atoms with Crippen molar-refractivity contribution in [2.75, 3.05) is 47.0 Å². The lowest BCUT2D eigenvalue weighted by atomic mass is 10.1. The van der Waals surface area contributed by atoms with Crippen LogP contribution in [0.25, 0.3) is 0 Å². The van der Waals surface area contributed by atoms with E-state index in [1.807, 2.05) is 25.4 Å². The molecule has 142 valence electrons. The first-order chi connectivity index (χ1) is 11.8. The highest BCUT2D eigenvalue weighted by Crippen LogP contribution is 2.14. The van der Waals surface area contributed by atoms with Crippen LogP contribution in [0.1, 0.15) is 25.0 Å². The zero-order valence-electron chi connectivity index (χ0n) is 15.3. The molecular formula is C18H31IN4O2. The monoisotopic (exact) mass is 462 g/mol. The largest absolute Gasteiger partial charge is 0.385 e. The van der Waals surface area contributed by atoms with Crippen molar-refractivity contribution in [3.63, 3.8) is 0 Å². The van der Waals surface area contributed by atoms with Gasteiger partial charge in [-0.15, -0.1) is 24.0 Å². The number of nitrogens with zero attached hydrogens (tertiary/aromatic N) is 3. The first kappa shape index (κ1) is 22.1. The minimum Gasteiger partial charge on any atom is -0.385 e. The SMILES string of the molecule is CN=C(NCCc1ccccn1)N1CCC(OCCCOC)CC1.I. The Balaban J connectivity index is 0.00000312. The molecule has 0 saturated carbocycles. The van der Waals surface area contributed by atoms with Gasteiger partial charge in [0.2, 0.25) is 0 Å². The Bertz CT molecular complexity index is 479. The van der Waals surface area contributed by atoms with E-state index >= 15 is 0 Å². The second-order valence-corrected chi connectivity index (χ2v) is 5.95. The number of hydrogen-bond donors (Lipinski definition) is 1. The Morgan fingerprint density at radius 1 is 1.32 bits per heavy atom. The number of aromatic nitrogens is 1. The minimum absolute atomic E-state index is 0. The number of pyridine rings is 1. The van der Waals surface area contributed by atoms with Crippen molar-refractivity contribution in [1.29, 1.82) is 0 Å². The number of ether oxygens (including phenoxy) is 2. The first-order valence-corrected chi connectivity index (χ1v) is 8.79. The molecule has 25 heavy (non-hydrogen) atoms. The quantitative estimate of drug-likeness (QED) is 0.278. The number of hydrogen-bond acceptors (Lipinski definition) is 4. The predicted octanol–water partition coefficient (Wildman–Crippen LogP) is 2.34. The minimum atomic E-state index is 0. The van der Waals surface area contributed by atoms with Gasteiger partial charge in [-0.2, -0.15) is 0 Å². The number of nitrogens with one attached hydrogen (secondary N) is 1. The maximum atomic E-state index is 5.91. The summed E-state index contributed by atoms with van der Waals surface area (Å²) in [5.74, 6) is 0.976. The van der Waals surface area contributed by atoms with Crippen molar-refractivity contribution in [3.8, 4) is 0 Å². The average Bonchev–Trinajstić information content (AvgIpc) is 2.64. The molecule has 0 bridgehead atoms. The molecule has 2 heterocycles. The van der Waals surface area contributed by atoms with Gasteiger partial charge in [-0.3, -0.25) is 9.98 Å². The fourth-order valence-electron chi connectivity index (χ4n) is 2.87. The Labute approximate surface area is 168 Å². The van der Waals surface area contributed by atoms with E-state index in [0.29, 0.717) is 6.10 Å². The summed E-state index contributed by atoms with van der Waals surface area (Å²) in [6, 6.07) is 6.02. The zero-order valence-corrected chi connectivity index (χ0v) is 17.6. The molecule has 7 heteroatoms. The van der Waals surface area contributed by atoms with Crippen molar-refractivity contribution in [2.45, 2.75) is 31.8 Å². The predicted molar refractivity (Wildman–Crippen MR) is 112 cm³/mol. The number of halogens is 1. The Hall–Kier alpha value is -0.930. The molecule has 0 aliphatic carbocycles. The molecule has 1 saturated heterocycles. The lowest BCUT2D eigenvalue weighted by Crippen LogP contribution is -2.47. The van der Waals surface area contributed by atoms with Crippen LogP contribution in [0.4, 0.5) is 0 Å². The number of rotatable bonds is 8. The molecule has 1 aliphatic heterocycles. The molecule has 0 amide bonds. The van der Waals surface area contributed by atoms with Gasteiger partial charge < -0.3 is 19.7 Å². The Morgan fingerprint density at radius 3 is 2.76 bits per heavy atom. The highest BCUT2D eigenvalue weighted by molar-refractivity contribution is 14.0. The lowest BCUT2D eigenvalue weighted by molar-refractivity contribution is 0.00992. The fraction of sp³-hybridized carbons (Fsp3) is 0.667. The van der Waals surface area contributed by atoms with Crippen molar-refractivity contribution < 1.29 is 9.47 Å². The van der Waals surface area contributed by atoms with Crippen molar-refractivity contribution >= 4 is 29.9 Å². The summed E-state index contributed by atoms with van der Waals surface area (Å²) in [7, 11) is 3.57. The second kappa shape index (κ2) is 13.3. The standard InChI is InChI=1S/C18H30N4O2.HI/c1-19-18(21-11-7-16-6-3-4-10-20-16)22-12-8-17(9-13-22)24-15-5-14-23-2;/h3-4,6,10,17H,5,7-9,11-15H2,1-2H3,(H,19,21);1H. The van der Waals surface area contributed by atoms with Crippen LogP contribution in [0.2, 0.25) is 0 Å². The summed E-state index contributed by atoms with van der Waals surface area (Å²) in [6.07, 6.45) is 6.17. The van der Waals surface area contributed by atoms with Gasteiger partial charge in [0.15, 0.2) is 5.96 Å². The van der Waals surface area contributed by atoms with Crippen LogP contribution >= 0.6 is 24.0 Å². The summed E-state index contributed by atoms with van der Waals surface area (Å²) in [5.41, 5.74) is 1.10. The number of aliphatic imine (C=N–C) groups is 1. The topological polar surface area (TPSA) is 59.0 Å². The molecule has 0 spiro atoms. The summed E-state index contributed by atoms with van der Waals surface area (Å²) in [4.78, 5) is 11.1. The highest BCUT2D eigenvalue weighted by Gasteiger charge is 2.21. The molecular weight excluding hydrogens is 431 g/mol. The average molecular weight is 462 g/mol. The molecule has 1 aliphatic rings. The lowest BCUT2D eigenvalue weighted by Gasteiger charge is -2.34. The zero-order chi connectivity index (χ0) is 17.0. The van der Waals surface area contributed by atoms with E-state index in [-0.39, 0.29) is 24.0 Å². The molecule has 0 unspecified atom stereocenters. The summed E-state index contributed by atoms with van der Waals surface area (Å²) >= 11 is 0. The number of methoxy groups -OCH3 is 1. The Morgan fingerprint density at radius 2 is 2.12 bits per heavy atom. The van der Waals surface area contributed by atoms with Gasteiger partial charge in [-0.1, -0.05) is 6.07 Å². The first-order valence-electron chi connectivity index (χ1n) is 8.79. The summed E-state index contributed by atoms with van der Waals surface area (Å²) in [5, 5.41) is 3.44. The Kier molecular flexibility index (Phi) is 11.8. The van der Waals surface area contributed by atoms with E-state index in [2.05, 4.69) is 26.3 Å². The molecule has 1 fully saturated rings. The van der Waals surface area contributed by atoms with E-state index in [9.17, 15) is 0 Å². The smallest absolute Gasteiger partial charge is 0.193 e. The molecule has 0 radical (unpaired) electrons. The highest BCUT2D eigenvalue weighted by atomic mass is 127. The molecule has 6 nitrogen and oxygen atoms in total. The molecule has 0 atom stereocenters. The van der Waals surface area contributed by atoms with Gasteiger partial charge in [-0.05, 0) is 31.4 Å². The normalized spacial score (nSPS) is 15.8. The molecule has 2 rings (SSSR count). The van der Waals surface area contributed by atoms with Gasteiger partial charge in [0, 0.05) is 65.3 Å². The van der Waals surface area contributed by atoms with Gasteiger partial charge in [0.1, 0.15) is 0 Å². The van der Waals surface area contributed by atoms with E-state index in [1.54, 1.807) is 7.11 Å². The fourth-order valence-corrected chi connectivity index (χ4v) is 2.87. The van der Waals surface area contributed by atoms with Gasteiger partial charge in [0.05, 0.1) is 6.10 Å². The van der Waals surface area contributed by atoms with Gasteiger partial charge in [-0.25, -0.2) is 0 Å². The molecule has 1 N–H and O–H groups in total. The summed E-state index contributed by atoms with van der Waals surface area (Å²) in [6.45, 7) is 4.37. The van der Waals surface area contributed by atoms with Crippen LogP contribution in [-0.2, 0) is 15.9 Å². The van der Waals surface area contributed by atoms with Crippen LogP contribution in [0.15, 0.2) is 29.4 Å². The van der Waals surface area contributed by atoms with E-state index in [4.69, 9.17) is 9.47 Å². The van der Waals surface area contributed by atoms with Crippen molar-refractivity contribution in [3.05, 3.63) is 30.1 Å². The van der Waals surface area contributed by atoms with E-state index in [1.165, 1.54) is 0 Å². The van der Waals surface area contributed by atoms with Gasteiger partial charge >= 0.3 is 0 Å². The molecule has 0 aromatic carbocycles. The maximum Gasteiger partial charge on any atom is 0.193 e. The third kappa shape index (κ3) is 8.33. The second-order valence-electron chi connectivity index (χ2n) is 5.95. The number of piperidine rings is 1. The van der Waals surface area contributed by atoms with Gasteiger partial charge in [0.25, 0.3) is 0 Å². The van der Waals surface area contributed by atoms with Crippen LogP contribution in [-0.4, -0.2) is 69.0 Å². The molecule has 1 aromatic heterocycles. The van der Waals surface area contributed by atoms with Crippen LogP contribution in [0.5, 0.6) is 0 Å². The molecule has 1 aromatic rings. The number of likely N-dealkylation sites (tertiary alicyclic amines) is 1. The van der Waals surface area contributed by atoms with Crippen molar-refractivity contribution in [1.82, 2.24) is 15.2 Å². The van der Waals surface area contributed by atoms with E-state index < -0.39 is 0 Å². The third-order valence-electron chi connectivity index (χ3n) is 4.19. The van der Waals surface area contributed by atoms with Crippen LogP contribution in [0, 0.1) is 0 Å². The van der Waals surface area contributed by atoms with Crippen LogP contribution in [0.3, 0.4) is 0 Å². The number of guanidine groups is 1. The van der Waals surface area contributed by atoms with E-state index in [0.717, 1.165) is 70.2 Å². The van der Waals surface area contributed by atoms with Crippen molar-refractivity contribution in [2.24, 2.45) is 4.99 Å².